The molecule has 3 aromatic rings. The van der Waals surface area contributed by atoms with Gasteiger partial charge >= 0.3 is 0 Å². The van der Waals surface area contributed by atoms with Gasteiger partial charge in [0, 0.05) is 5.56 Å². The van der Waals surface area contributed by atoms with E-state index >= 15 is 0 Å². The molecule has 1 fully saturated rings. The van der Waals surface area contributed by atoms with E-state index in [1.54, 1.807) is 7.11 Å². The van der Waals surface area contributed by atoms with E-state index in [0.29, 0.717) is 5.13 Å². The van der Waals surface area contributed by atoms with E-state index in [0.717, 1.165) is 34.4 Å². The van der Waals surface area contributed by atoms with Crippen molar-refractivity contribution in [1.82, 2.24) is 4.98 Å². The first-order valence-corrected chi connectivity index (χ1v) is 8.35. The third-order valence-corrected chi connectivity index (χ3v) is 5.27. The lowest BCUT2D eigenvalue weighted by atomic mass is 9.94. The van der Waals surface area contributed by atoms with E-state index < -0.39 is 5.41 Å². The fraction of sp³-hybridized carbons (Fsp3) is 0.222. The molecule has 0 saturated heterocycles. The normalized spacial score (nSPS) is 15.3. The summed E-state index contributed by atoms with van der Waals surface area (Å²) in [5.41, 5.74) is 1.39. The number of para-hydroxylation sites is 2. The van der Waals surface area contributed by atoms with Gasteiger partial charge in [0.2, 0.25) is 5.91 Å². The van der Waals surface area contributed by atoms with Gasteiger partial charge in [0.1, 0.15) is 5.75 Å². The molecule has 1 heterocycles. The fourth-order valence-electron chi connectivity index (χ4n) is 2.93. The highest BCUT2D eigenvalue weighted by molar-refractivity contribution is 7.22. The van der Waals surface area contributed by atoms with E-state index in [9.17, 15) is 4.79 Å². The number of nitrogens with zero attached hydrogens (tertiary/aromatic N) is 1. The van der Waals surface area contributed by atoms with Gasteiger partial charge in [-0.05, 0) is 31.0 Å². The fourth-order valence-corrected chi connectivity index (χ4v) is 3.79. The summed E-state index contributed by atoms with van der Waals surface area (Å²) in [5.74, 6) is 0.769. The number of rotatable bonds is 4. The predicted molar refractivity (Wildman–Crippen MR) is 92.2 cm³/mol. The van der Waals surface area contributed by atoms with Crippen LogP contribution in [-0.4, -0.2) is 18.0 Å². The Kier molecular flexibility index (Phi) is 3.31. The minimum absolute atomic E-state index is 0.000978. The van der Waals surface area contributed by atoms with Crippen LogP contribution < -0.4 is 10.1 Å². The minimum atomic E-state index is -0.482. The number of anilines is 1. The first-order chi connectivity index (χ1) is 11.2. The number of benzene rings is 2. The van der Waals surface area contributed by atoms with Crippen molar-refractivity contribution < 1.29 is 9.53 Å². The molecule has 1 amide bonds. The molecule has 2 aromatic carbocycles. The topological polar surface area (TPSA) is 51.2 Å². The van der Waals surface area contributed by atoms with Crippen LogP contribution in [0.5, 0.6) is 5.75 Å². The maximum absolute atomic E-state index is 12.8. The van der Waals surface area contributed by atoms with E-state index in [-0.39, 0.29) is 5.91 Å². The quantitative estimate of drug-likeness (QED) is 0.790. The molecule has 116 valence electrons. The molecule has 23 heavy (non-hydrogen) atoms. The molecular formula is C18H16N2O2S. The number of aromatic nitrogens is 1. The monoisotopic (exact) mass is 324 g/mol. The zero-order valence-corrected chi connectivity index (χ0v) is 13.5. The number of carbonyl (C=O) groups excluding carboxylic acids is 1. The van der Waals surface area contributed by atoms with Gasteiger partial charge in [-0.15, -0.1) is 0 Å². The molecule has 4 rings (SSSR count). The van der Waals surface area contributed by atoms with Crippen molar-refractivity contribution in [2.75, 3.05) is 12.4 Å². The van der Waals surface area contributed by atoms with E-state index in [1.165, 1.54) is 11.3 Å². The first kappa shape index (κ1) is 14.2. The van der Waals surface area contributed by atoms with Crippen LogP contribution in [0, 0.1) is 0 Å². The lowest BCUT2D eigenvalue weighted by Crippen LogP contribution is -2.28. The summed E-state index contributed by atoms with van der Waals surface area (Å²) in [7, 11) is 1.64. The van der Waals surface area contributed by atoms with Crippen molar-refractivity contribution in [2.45, 2.75) is 18.3 Å². The number of ether oxygens (including phenoxy) is 1. The zero-order valence-electron chi connectivity index (χ0n) is 12.7. The smallest absolute Gasteiger partial charge is 0.236 e. The van der Waals surface area contributed by atoms with E-state index in [1.807, 2.05) is 48.5 Å². The highest BCUT2D eigenvalue weighted by atomic mass is 32.1. The summed E-state index contributed by atoms with van der Waals surface area (Å²) in [6.45, 7) is 0. The van der Waals surface area contributed by atoms with Crippen LogP contribution in [0.2, 0.25) is 0 Å². The molecular weight excluding hydrogens is 308 g/mol. The van der Waals surface area contributed by atoms with Crippen LogP contribution in [0.4, 0.5) is 5.13 Å². The van der Waals surface area contributed by atoms with Crippen molar-refractivity contribution in [2.24, 2.45) is 0 Å². The van der Waals surface area contributed by atoms with Crippen molar-refractivity contribution in [3.05, 3.63) is 54.1 Å². The minimum Gasteiger partial charge on any atom is -0.496 e. The number of carbonyl (C=O) groups is 1. The zero-order chi connectivity index (χ0) is 15.9. The molecule has 0 spiro atoms. The van der Waals surface area contributed by atoms with Gasteiger partial charge < -0.3 is 10.1 Å². The van der Waals surface area contributed by atoms with Crippen molar-refractivity contribution in [3.63, 3.8) is 0 Å². The summed E-state index contributed by atoms with van der Waals surface area (Å²) in [6.07, 6.45) is 1.67. The third-order valence-electron chi connectivity index (χ3n) is 4.32. The summed E-state index contributed by atoms with van der Waals surface area (Å²) in [5, 5.41) is 3.65. The number of hydrogen-bond donors (Lipinski definition) is 1. The average molecular weight is 324 g/mol. The Bertz CT molecular complexity index is 850. The van der Waals surface area contributed by atoms with Crippen LogP contribution in [0.15, 0.2) is 48.5 Å². The van der Waals surface area contributed by atoms with Gasteiger partial charge in [0.05, 0.1) is 22.7 Å². The van der Waals surface area contributed by atoms with Crippen LogP contribution in [0.1, 0.15) is 18.4 Å². The molecule has 1 saturated carbocycles. The van der Waals surface area contributed by atoms with Gasteiger partial charge in [0.15, 0.2) is 5.13 Å². The molecule has 0 radical (unpaired) electrons. The molecule has 1 aliphatic rings. The Morgan fingerprint density at radius 2 is 1.91 bits per heavy atom. The van der Waals surface area contributed by atoms with Gasteiger partial charge in [-0.3, -0.25) is 4.79 Å². The van der Waals surface area contributed by atoms with Crippen molar-refractivity contribution in [1.29, 1.82) is 0 Å². The maximum Gasteiger partial charge on any atom is 0.236 e. The lowest BCUT2D eigenvalue weighted by Gasteiger charge is -2.17. The average Bonchev–Trinajstić information content (AvgIpc) is 3.29. The maximum atomic E-state index is 12.8. The van der Waals surface area contributed by atoms with Crippen LogP contribution >= 0.6 is 11.3 Å². The van der Waals surface area contributed by atoms with Crippen molar-refractivity contribution in [3.8, 4) is 5.75 Å². The molecule has 0 aliphatic heterocycles. The summed E-state index contributed by atoms with van der Waals surface area (Å²) < 4.78 is 6.50. The first-order valence-electron chi connectivity index (χ1n) is 7.53. The van der Waals surface area contributed by atoms with E-state index in [2.05, 4.69) is 10.3 Å². The molecule has 1 aromatic heterocycles. The third kappa shape index (κ3) is 2.37. The molecule has 0 bridgehead atoms. The summed E-state index contributed by atoms with van der Waals surface area (Å²) >= 11 is 1.50. The second kappa shape index (κ2) is 5.35. The molecule has 1 N–H and O–H groups in total. The van der Waals surface area contributed by atoms with Crippen LogP contribution in [0.25, 0.3) is 10.2 Å². The van der Waals surface area contributed by atoms with E-state index in [4.69, 9.17) is 4.74 Å². The Balaban J connectivity index is 1.63. The molecule has 5 heteroatoms. The Morgan fingerprint density at radius 1 is 1.17 bits per heavy atom. The molecule has 1 aliphatic carbocycles. The summed E-state index contributed by atoms with van der Waals surface area (Å²) in [4.78, 5) is 17.3. The lowest BCUT2D eigenvalue weighted by molar-refractivity contribution is -0.118. The van der Waals surface area contributed by atoms with Gasteiger partial charge in [-0.2, -0.15) is 0 Å². The second-order valence-corrected chi connectivity index (χ2v) is 6.75. The Labute approximate surface area is 138 Å². The highest BCUT2D eigenvalue weighted by Crippen LogP contribution is 2.52. The number of thiazole rings is 1. The van der Waals surface area contributed by atoms with Crippen molar-refractivity contribution >= 4 is 32.6 Å². The van der Waals surface area contributed by atoms with Gasteiger partial charge in [-0.1, -0.05) is 41.7 Å². The standard InChI is InChI=1S/C18H16N2O2S/c1-22-14-8-4-2-6-12(14)18(10-11-18)16(21)20-17-19-13-7-3-5-9-15(13)23-17/h2-9H,10-11H2,1H3,(H,19,20,21). The highest BCUT2D eigenvalue weighted by Gasteiger charge is 2.53. The van der Waals surface area contributed by atoms with Gasteiger partial charge in [0.25, 0.3) is 0 Å². The van der Waals surface area contributed by atoms with Crippen LogP contribution in [-0.2, 0) is 10.2 Å². The Morgan fingerprint density at radius 3 is 2.65 bits per heavy atom. The molecule has 0 atom stereocenters. The Hall–Kier alpha value is -2.40. The number of nitrogens with one attached hydrogen (secondary N) is 1. The molecule has 4 nitrogen and oxygen atoms in total. The number of hydrogen-bond acceptors (Lipinski definition) is 4. The number of methoxy groups -OCH3 is 1. The van der Waals surface area contributed by atoms with Gasteiger partial charge in [-0.25, -0.2) is 4.98 Å². The SMILES string of the molecule is COc1ccccc1C1(C(=O)Nc2nc3ccccc3s2)CC1. The number of fused-ring (bicyclic) bond motifs is 1. The predicted octanol–water partition coefficient (Wildman–Crippen LogP) is 3.98. The summed E-state index contributed by atoms with van der Waals surface area (Å²) in [6, 6.07) is 15.6. The largest absolute Gasteiger partial charge is 0.496 e. The second-order valence-electron chi connectivity index (χ2n) is 5.72. The molecule has 0 unspecified atom stereocenters. The number of amides is 1. The van der Waals surface area contributed by atoms with Crippen LogP contribution in [0.3, 0.4) is 0 Å².